The number of amides is 1. The number of Topliss-reactive ketones (excluding diaryl/α,β-unsaturated/α-hetero) is 1. The van der Waals surface area contributed by atoms with Gasteiger partial charge in [-0.25, -0.2) is 0 Å². The summed E-state index contributed by atoms with van der Waals surface area (Å²) in [4.78, 5) is 32.4. The zero-order valence-corrected chi connectivity index (χ0v) is 20.0. The van der Waals surface area contributed by atoms with E-state index in [1.807, 2.05) is 58.0 Å². The summed E-state index contributed by atoms with van der Waals surface area (Å²) in [5, 5.41) is 11.4. The Balaban J connectivity index is 1.97. The van der Waals surface area contributed by atoms with Gasteiger partial charge < -0.3 is 9.84 Å². The zero-order chi connectivity index (χ0) is 24.6. The predicted octanol–water partition coefficient (Wildman–Crippen LogP) is 5.46. The van der Waals surface area contributed by atoms with Gasteiger partial charge in [-0.15, -0.1) is 0 Å². The molecule has 1 aromatic heterocycles. The molecule has 2 aromatic carbocycles. The quantitative estimate of drug-likeness (QED) is 0.313. The van der Waals surface area contributed by atoms with Crippen molar-refractivity contribution in [1.82, 2.24) is 4.98 Å². The average molecular weight is 457 g/mol. The number of hydrogen-bond acceptors (Lipinski definition) is 5. The minimum absolute atomic E-state index is 0.0405. The number of aromatic nitrogens is 1. The summed E-state index contributed by atoms with van der Waals surface area (Å²) >= 11 is 0. The number of carbonyl (C=O) groups excluding carboxylic acids is 2. The first-order valence-corrected chi connectivity index (χ1v) is 11.2. The highest BCUT2D eigenvalue weighted by molar-refractivity contribution is 6.51. The summed E-state index contributed by atoms with van der Waals surface area (Å²) in [5.74, 6) is -0.791. The van der Waals surface area contributed by atoms with Crippen molar-refractivity contribution in [3.63, 3.8) is 0 Å². The van der Waals surface area contributed by atoms with E-state index in [0.29, 0.717) is 22.6 Å². The molecule has 2 heterocycles. The molecule has 0 spiro atoms. The Morgan fingerprint density at radius 1 is 1.09 bits per heavy atom. The van der Waals surface area contributed by atoms with Crippen LogP contribution in [0.5, 0.6) is 5.75 Å². The molecule has 174 valence electrons. The van der Waals surface area contributed by atoms with Gasteiger partial charge >= 0.3 is 0 Å². The van der Waals surface area contributed by atoms with Gasteiger partial charge in [0.15, 0.2) is 0 Å². The third-order valence-corrected chi connectivity index (χ3v) is 6.19. The number of carbonyl (C=O) groups is 2. The minimum Gasteiger partial charge on any atom is -0.507 e. The maximum absolute atomic E-state index is 13.4. The van der Waals surface area contributed by atoms with Crippen molar-refractivity contribution in [3.8, 4) is 5.75 Å². The summed E-state index contributed by atoms with van der Waals surface area (Å²) in [6.07, 6.45) is 3.25. The molecule has 0 radical (unpaired) electrons. The van der Waals surface area contributed by atoms with Gasteiger partial charge in [-0.2, -0.15) is 0 Å². The number of pyridine rings is 1. The second-order valence-electron chi connectivity index (χ2n) is 8.86. The van der Waals surface area contributed by atoms with Crippen molar-refractivity contribution >= 4 is 23.1 Å². The van der Waals surface area contributed by atoms with Crippen LogP contribution in [0.2, 0.25) is 0 Å². The van der Waals surface area contributed by atoms with Crippen molar-refractivity contribution < 1.29 is 19.4 Å². The van der Waals surface area contributed by atoms with Gasteiger partial charge in [-0.1, -0.05) is 32.0 Å². The molecule has 1 aliphatic heterocycles. The summed E-state index contributed by atoms with van der Waals surface area (Å²) in [5.41, 5.74) is 4.48. The van der Waals surface area contributed by atoms with Crippen LogP contribution in [-0.4, -0.2) is 28.9 Å². The van der Waals surface area contributed by atoms with E-state index in [4.69, 9.17) is 4.74 Å². The molecule has 3 aromatic rings. The standard InChI is InChI=1S/C28H28N2O4/c1-16(2)21-14-19(10-11-23(21)34-5)26(31)24-25(20-7-6-12-29-15-20)30(28(33)27(24)32)22-13-17(3)8-9-18(22)4/h6-16,25,31H,1-5H3/b26-24-. The molecule has 0 saturated carbocycles. The lowest BCUT2D eigenvalue weighted by Gasteiger charge is -2.27. The Kier molecular flexibility index (Phi) is 6.24. The first-order chi connectivity index (χ1) is 16.2. The molecular formula is C28H28N2O4. The van der Waals surface area contributed by atoms with Crippen LogP contribution in [0.15, 0.2) is 66.5 Å². The lowest BCUT2D eigenvalue weighted by atomic mass is 9.93. The molecule has 1 aliphatic rings. The zero-order valence-electron chi connectivity index (χ0n) is 20.0. The molecule has 0 bridgehead atoms. The highest BCUT2D eigenvalue weighted by Gasteiger charge is 2.47. The van der Waals surface area contributed by atoms with Gasteiger partial charge in [0, 0.05) is 23.6 Å². The molecular weight excluding hydrogens is 428 g/mol. The van der Waals surface area contributed by atoms with Crippen LogP contribution in [0.1, 0.15) is 53.6 Å². The van der Waals surface area contributed by atoms with Crippen LogP contribution >= 0.6 is 0 Å². The fourth-order valence-corrected chi connectivity index (χ4v) is 4.40. The van der Waals surface area contributed by atoms with Crippen LogP contribution < -0.4 is 9.64 Å². The largest absolute Gasteiger partial charge is 0.507 e. The van der Waals surface area contributed by atoms with Crippen molar-refractivity contribution in [1.29, 1.82) is 0 Å². The SMILES string of the molecule is COc1ccc(/C(O)=C2/C(=O)C(=O)N(c3cc(C)ccc3C)C2c2cccnc2)cc1C(C)C. The first kappa shape index (κ1) is 23.2. The van der Waals surface area contributed by atoms with Crippen molar-refractivity contribution in [2.24, 2.45) is 0 Å². The third-order valence-electron chi connectivity index (χ3n) is 6.19. The van der Waals surface area contributed by atoms with Gasteiger partial charge in [0.2, 0.25) is 0 Å². The smallest absolute Gasteiger partial charge is 0.300 e. The summed E-state index contributed by atoms with van der Waals surface area (Å²) < 4.78 is 5.46. The Hall–Kier alpha value is -3.93. The number of ether oxygens (including phenoxy) is 1. The first-order valence-electron chi connectivity index (χ1n) is 11.2. The Labute approximate surface area is 199 Å². The number of aliphatic hydroxyl groups is 1. The second kappa shape index (κ2) is 9.14. The van der Waals surface area contributed by atoms with E-state index in [0.717, 1.165) is 16.7 Å². The average Bonchev–Trinajstić information content (AvgIpc) is 3.10. The number of methoxy groups -OCH3 is 1. The fourth-order valence-electron chi connectivity index (χ4n) is 4.40. The highest BCUT2D eigenvalue weighted by atomic mass is 16.5. The number of ketones is 1. The fraction of sp³-hybridized carbons (Fsp3) is 0.250. The second-order valence-corrected chi connectivity index (χ2v) is 8.86. The van der Waals surface area contributed by atoms with Crippen LogP contribution in [0.4, 0.5) is 5.69 Å². The van der Waals surface area contributed by atoms with E-state index in [2.05, 4.69) is 4.98 Å². The number of aryl methyl sites for hydroxylation is 2. The molecule has 1 amide bonds. The number of nitrogens with zero attached hydrogens (tertiary/aromatic N) is 2. The van der Waals surface area contributed by atoms with E-state index < -0.39 is 17.7 Å². The number of benzene rings is 2. The van der Waals surface area contributed by atoms with Crippen LogP contribution in [0.25, 0.3) is 5.76 Å². The van der Waals surface area contributed by atoms with E-state index in [1.165, 1.54) is 4.90 Å². The van der Waals surface area contributed by atoms with Crippen molar-refractivity contribution in [2.45, 2.75) is 39.7 Å². The maximum Gasteiger partial charge on any atom is 0.300 e. The Morgan fingerprint density at radius 3 is 2.50 bits per heavy atom. The molecule has 1 N–H and O–H groups in total. The minimum atomic E-state index is -0.807. The number of aliphatic hydroxyl groups excluding tert-OH is 1. The van der Waals surface area contributed by atoms with Gasteiger partial charge in [-0.3, -0.25) is 19.5 Å². The molecule has 6 heteroatoms. The van der Waals surface area contributed by atoms with E-state index in [1.54, 1.807) is 37.7 Å². The normalized spacial score (nSPS) is 17.5. The van der Waals surface area contributed by atoms with E-state index in [9.17, 15) is 14.7 Å². The molecule has 4 rings (SSSR count). The summed E-state index contributed by atoms with van der Waals surface area (Å²) in [6, 6.07) is 13.8. The molecule has 0 aliphatic carbocycles. The Bertz CT molecular complexity index is 1300. The number of hydrogen-bond donors (Lipinski definition) is 1. The number of rotatable bonds is 5. The van der Waals surface area contributed by atoms with Crippen LogP contribution in [0, 0.1) is 13.8 Å². The summed E-state index contributed by atoms with van der Waals surface area (Å²) in [7, 11) is 1.60. The molecule has 6 nitrogen and oxygen atoms in total. The Morgan fingerprint density at radius 2 is 1.85 bits per heavy atom. The van der Waals surface area contributed by atoms with Crippen molar-refractivity contribution in [3.05, 3.63) is 94.3 Å². The summed E-state index contributed by atoms with van der Waals surface area (Å²) in [6.45, 7) is 7.88. The van der Waals surface area contributed by atoms with E-state index in [-0.39, 0.29) is 17.3 Å². The van der Waals surface area contributed by atoms with Gasteiger partial charge in [0.05, 0.1) is 18.7 Å². The monoisotopic (exact) mass is 456 g/mol. The van der Waals surface area contributed by atoms with Crippen LogP contribution in [-0.2, 0) is 9.59 Å². The van der Waals surface area contributed by atoms with Gasteiger partial charge in [0.1, 0.15) is 11.5 Å². The predicted molar refractivity (Wildman–Crippen MR) is 132 cm³/mol. The van der Waals surface area contributed by atoms with Crippen molar-refractivity contribution in [2.75, 3.05) is 12.0 Å². The highest BCUT2D eigenvalue weighted by Crippen LogP contribution is 2.43. The van der Waals surface area contributed by atoms with Gasteiger partial charge in [-0.05, 0) is 72.4 Å². The molecule has 1 saturated heterocycles. The third kappa shape index (κ3) is 3.96. The topological polar surface area (TPSA) is 79.7 Å². The molecule has 34 heavy (non-hydrogen) atoms. The van der Waals surface area contributed by atoms with E-state index >= 15 is 0 Å². The lowest BCUT2D eigenvalue weighted by Crippen LogP contribution is -2.30. The lowest BCUT2D eigenvalue weighted by molar-refractivity contribution is -0.132. The molecule has 1 unspecified atom stereocenters. The number of anilines is 1. The van der Waals surface area contributed by atoms with Gasteiger partial charge in [0.25, 0.3) is 11.7 Å². The maximum atomic E-state index is 13.4. The molecule has 1 fully saturated rings. The molecule has 1 atom stereocenters. The van der Waals surface area contributed by atoms with Crippen LogP contribution in [0.3, 0.4) is 0 Å².